The molecule has 0 aliphatic carbocycles. The number of allylic oxidation sites excluding steroid dienone is 1. The summed E-state index contributed by atoms with van der Waals surface area (Å²) in [6.07, 6.45) is -17.9. The van der Waals surface area contributed by atoms with Crippen molar-refractivity contribution in [2.75, 3.05) is 6.61 Å². The molecule has 0 saturated carbocycles. The Kier molecular flexibility index (Phi) is 7.33. The summed E-state index contributed by atoms with van der Waals surface area (Å²) in [7, 11) is 0. The Morgan fingerprint density at radius 3 is 1.76 bits per heavy atom. The predicted molar refractivity (Wildman–Crippen MR) is 62.1 cm³/mol. The van der Waals surface area contributed by atoms with E-state index in [9.17, 15) is 49.1 Å². The Hall–Kier alpha value is -1.95. The second-order valence-electron chi connectivity index (χ2n) is 4.92. The lowest BCUT2D eigenvalue weighted by Gasteiger charge is -2.24. The summed E-state index contributed by atoms with van der Waals surface area (Å²) < 4.78 is 114. The van der Waals surface area contributed by atoms with E-state index in [1.807, 2.05) is 0 Å². The number of carboxylic acids is 1. The van der Waals surface area contributed by atoms with Crippen molar-refractivity contribution < 1.29 is 58.9 Å². The van der Waals surface area contributed by atoms with Crippen LogP contribution in [-0.4, -0.2) is 42.2 Å². The molecule has 13 heteroatoms. The summed E-state index contributed by atoms with van der Waals surface area (Å²) in [4.78, 5) is 21.2. The molecule has 0 aliphatic heterocycles. The van der Waals surface area contributed by atoms with Crippen molar-refractivity contribution in [3.63, 3.8) is 0 Å². The SMILES string of the molecule is CC(C=C(COC(=O)C(F)(F)F)C(=O)O)CC(C(F)(F)F)C(F)(F)F. The zero-order valence-corrected chi connectivity index (χ0v) is 12.2. The second kappa shape index (κ2) is 7.95. The van der Waals surface area contributed by atoms with Crippen LogP contribution in [0.15, 0.2) is 11.6 Å². The topological polar surface area (TPSA) is 63.6 Å². The minimum absolute atomic E-state index is 0.371. The number of rotatable bonds is 6. The lowest BCUT2D eigenvalue weighted by atomic mass is 9.93. The van der Waals surface area contributed by atoms with Gasteiger partial charge in [0, 0.05) is 0 Å². The Morgan fingerprint density at radius 2 is 1.44 bits per heavy atom. The van der Waals surface area contributed by atoms with Crippen LogP contribution in [0.2, 0.25) is 0 Å². The molecule has 1 unspecified atom stereocenters. The third kappa shape index (κ3) is 8.12. The van der Waals surface area contributed by atoms with Crippen molar-refractivity contribution in [3.8, 4) is 0 Å². The molecule has 25 heavy (non-hydrogen) atoms. The molecule has 1 N–H and O–H groups in total. The van der Waals surface area contributed by atoms with Gasteiger partial charge in [0.15, 0.2) is 5.92 Å². The van der Waals surface area contributed by atoms with E-state index in [0.717, 1.165) is 6.92 Å². The van der Waals surface area contributed by atoms with Crippen molar-refractivity contribution >= 4 is 11.9 Å². The summed E-state index contributed by atoms with van der Waals surface area (Å²) in [6, 6.07) is 0. The molecule has 0 saturated heterocycles. The van der Waals surface area contributed by atoms with Crippen LogP contribution >= 0.6 is 0 Å². The average molecular weight is 390 g/mol. The molecular weight excluding hydrogens is 379 g/mol. The Morgan fingerprint density at radius 1 is 1.00 bits per heavy atom. The number of carbonyl (C=O) groups excluding carboxylic acids is 1. The first-order chi connectivity index (χ1) is 11.0. The second-order valence-corrected chi connectivity index (χ2v) is 4.92. The lowest BCUT2D eigenvalue weighted by Crippen LogP contribution is -2.37. The van der Waals surface area contributed by atoms with E-state index in [2.05, 4.69) is 4.74 Å². The van der Waals surface area contributed by atoms with E-state index in [1.54, 1.807) is 0 Å². The molecule has 0 fully saturated rings. The van der Waals surface area contributed by atoms with Crippen molar-refractivity contribution in [2.24, 2.45) is 11.8 Å². The van der Waals surface area contributed by atoms with Crippen molar-refractivity contribution in [1.29, 1.82) is 0 Å². The average Bonchev–Trinajstić information content (AvgIpc) is 2.36. The maximum atomic E-state index is 12.4. The van der Waals surface area contributed by atoms with Crippen LogP contribution in [0.5, 0.6) is 0 Å². The predicted octanol–water partition coefficient (Wildman–Crippen LogP) is 3.87. The summed E-state index contributed by atoms with van der Waals surface area (Å²) in [5.41, 5.74) is -1.09. The van der Waals surface area contributed by atoms with Crippen LogP contribution < -0.4 is 0 Å². The molecule has 0 aromatic rings. The number of carboxylic acid groups (broad SMARTS) is 1. The number of ether oxygens (including phenoxy) is 1. The number of alkyl halides is 9. The third-order valence-corrected chi connectivity index (χ3v) is 2.75. The van der Waals surface area contributed by atoms with Crippen molar-refractivity contribution in [2.45, 2.75) is 31.9 Å². The zero-order valence-electron chi connectivity index (χ0n) is 12.2. The number of hydrogen-bond acceptors (Lipinski definition) is 3. The molecular formula is C12H11F9O4. The number of aliphatic carboxylic acids is 1. The maximum absolute atomic E-state index is 12.4. The zero-order chi connectivity index (χ0) is 20.2. The van der Waals surface area contributed by atoms with Crippen LogP contribution in [0, 0.1) is 11.8 Å². The van der Waals surface area contributed by atoms with Gasteiger partial charge in [0.2, 0.25) is 0 Å². The van der Waals surface area contributed by atoms with Gasteiger partial charge in [0.1, 0.15) is 6.61 Å². The number of hydrogen-bond donors (Lipinski definition) is 1. The number of esters is 1. The molecule has 0 heterocycles. The summed E-state index contributed by atoms with van der Waals surface area (Å²) in [6.45, 7) is -0.667. The highest BCUT2D eigenvalue weighted by atomic mass is 19.4. The fraction of sp³-hybridized carbons (Fsp3) is 0.667. The molecule has 0 aliphatic rings. The minimum Gasteiger partial charge on any atom is -0.478 e. The van der Waals surface area contributed by atoms with Crippen LogP contribution in [0.25, 0.3) is 0 Å². The monoisotopic (exact) mass is 390 g/mol. The van der Waals surface area contributed by atoms with E-state index in [1.165, 1.54) is 0 Å². The van der Waals surface area contributed by atoms with Crippen LogP contribution in [0.1, 0.15) is 13.3 Å². The summed E-state index contributed by atoms with van der Waals surface area (Å²) in [5.74, 6) is -10.1. The van der Waals surface area contributed by atoms with Crippen LogP contribution in [0.4, 0.5) is 39.5 Å². The minimum atomic E-state index is -5.65. The van der Waals surface area contributed by atoms with E-state index in [4.69, 9.17) is 5.11 Å². The van der Waals surface area contributed by atoms with Crippen LogP contribution in [0.3, 0.4) is 0 Å². The molecule has 0 aromatic heterocycles. The van der Waals surface area contributed by atoms with Gasteiger partial charge >= 0.3 is 30.5 Å². The Balaban J connectivity index is 5.21. The largest absolute Gasteiger partial charge is 0.490 e. The van der Waals surface area contributed by atoms with Gasteiger partial charge in [0.25, 0.3) is 0 Å². The molecule has 146 valence electrons. The molecule has 0 bridgehead atoms. The van der Waals surface area contributed by atoms with E-state index in [-0.39, 0.29) is 0 Å². The molecule has 0 amide bonds. The highest BCUT2D eigenvalue weighted by molar-refractivity contribution is 5.87. The first-order valence-electron chi connectivity index (χ1n) is 6.27. The molecule has 0 spiro atoms. The highest BCUT2D eigenvalue weighted by Crippen LogP contribution is 2.43. The normalized spacial score (nSPS) is 15.2. The fourth-order valence-corrected chi connectivity index (χ4v) is 1.64. The first-order valence-corrected chi connectivity index (χ1v) is 6.27. The Bertz CT molecular complexity index is 502. The van der Waals surface area contributed by atoms with Crippen LogP contribution in [-0.2, 0) is 14.3 Å². The molecule has 0 aromatic carbocycles. The number of carbonyl (C=O) groups is 2. The summed E-state index contributed by atoms with van der Waals surface area (Å²) in [5, 5.41) is 8.71. The number of halogens is 9. The van der Waals surface area contributed by atoms with Gasteiger partial charge in [0.05, 0.1) is 5.57 Å². The van der Waals surface area contributed by atoms with Gasteiger partial charge in [-0.25, -0.2) is 9.59 Å². The lowest BCUT2D eigenvalue weighted by molar-refractivity contribution is -0.287. The van der Waals surface area contributed by atoms with E-state index >= 15 is 0 Å². The standard InChI is InChI=1S/C12H11F9O4/c1-5(3-7(10(13,14)15)11(16,17)18)2-6(8(22)23)4-25-9(24)12(19,20)21/h2,5,7H,3-4H2,1H3,(H,22,23). The van der Waals surface area contributed by atoms with Gasteiger partial charge in [-0.3, -0.25) is 0 Å². The third-order valence-electron chi connectivity index (χ3n) is 2.75. The smallest absolute Gasteiger partial charge is 0.478 e. The molecule has 0 radical (unpaired) electrons. The van der Waals surface area contributed by atoms with Gasteiger partial charge < -0.3 is 9.84 Å². The molecule has 4 nitrogen and oxygen atoms in total. The Labute approximate surface area is 134 Å². The quantitative estimate of drug-likeness (QED) is 0.425. The maximum Gasteiger partial charge on any atom is 0.490 e. The summed E-state index contributed by atoms with van der Waals surface area (Å²) >= 11 is 0. The first kappa shape index (κ1) is 23.1. The van der Waals surface area contributed by atoms with Gasteiger partial charge in [-0.1, -0.05) is 13.0 Å². The van der Waals surface area contributed by atoms with Crippen molar-refractivity contribution in [3.05, 3.63) is 11.6 Å². The van der Waals surface area contributed by atoms with Gasteiger partial charge in [-0.05, 0) is 12.3 Å². The molecule has 1 atom stereocenters. The highest BCUT2D eigenvalue weighted by Gasteiger charge is 2.56. The van der Waals surface area contributed by atoms with Crippen molar-refractivity contribution in [1.82, 2.24) is 0 Å². The van der Waals surface area contributed by atoms with E-state index in [0.29, 0.717) is 6.08 Å². The van der Waals surface area contributed by atoms with Gasteiger partial charge in [-0.15, -0.1) is 0 Å². The van der Waals surface area contributed by atoms with E-state index < -0.39 is 60.9 Å². The van der Waals surface area contributed by atoms with Gasteiger partial charge in [-0.2, -0.15) is 39.5 Å². The fourth-order valence-electron chi connectivity index (χ4n) is 1.64. The molecule has 0 rings (SSSR count).